The molecule has 2 nitrogen and oxygen atoms in total. The number of anilines is 1. The van der Waals surface area contributed by atoms with Crippen LogP contribution in [0.5, 0.6) is 0 Å². The van der Waals surface area contributed by atoms with Crippen LogP contribution in [0.2, 0.25) is 0 Å². The molecule has 1 saturated heterocycles. The van der Waals surface area contributed by atoms with Crippen LogP contribution in [0.15, 0.2) is 54.6 Å². The Morgan fingerprint density at radius 2 is 1.65 bits per heavy atom. The third kappa shape index (κ3) is 3.61. The largest absolute Gasteiger partial charge is 0.382 e. The van der Waals surface area contributed by atoms with E-state index < -0.39 is 0 Å². The number of rotatable bonds is 4. The van der Waals surface area contributed by atoms with Crippen molar-refractivity contribution in [1.82, 2.24) is 5.32 Å². The van der Waals surface area contributed by atoms with E-state index in [1.165, 1.54) is 29.7 Å². The summed E-state index contributed by atoms with van der Waals surface area (Å²) in [5.41, 5.74) is 3.99. The number of benzene rings is 2. The molecule has 0 saturated carbocycles. The molecule has 0 bridgehead atoms. The van der Waals surface area contributed by atoms with Crippen LogP contribution < -0.4 is 10.6 Å². The van der Waals surface area contributed by atoms with Crippen molar-refractivity contribution >= 4 is 5.69 Å². The van der Waals surface area contributed by atoms with Crippen molar-refractivity contribution in [3.05, 3.63) is 65.7 Å². The van der Waals surface area contributed by atoms with Crippen LogP contribution in [0.3, 0.4) is 0 Å². The Morgan fingerprint density at radius 1 is 0.900 bits per heavy atom. The monoisotopic (exact) mass is 266 g/mol. The Morgan fingerprint density at radius 3 is 2.45 bits per heavy atom. The van der Waals surface area contributed by atoms with Crippen molar-refractivity contribution in [1.29, 1.82) is 0 Å². The zero-order valence-corrected chi connectivity index (χ0v) is 11.8. The highest BCUT2D eigenvalue weighted by molar-refractivity contribution is 5.47. The van der Waals surface area contributed by atoms with E-state index >= 15 is 0 Å². The summed E-state index contributed by atoms with van der Waals surface area (Å²) in [7, 11) is 0. The molecule has 1 aliphatic rings. The molecule has 2 N–H and O–H groups in total. The molecule has 1 fully saturated rings. The zero-order chi connectivity index (χ0) is 13.6. The first-order valence-electron chi connectivity index (χ1n) is 7.50. The molecule has 0 atom stereocenters. The first-order valence-corrected chi connectivity index (χ1v) is 7.50. The van der Waals surface area contributed by atoms with Gasteiger partial charge in [-0.2, -0.15) is 0 Å². The molecule has 0 unspecified atom stereocenters. The molecule has 104 valence electrons. The maximum atomic E-state index is 3.67. The summed E-state index contributed by atoms with van der Waals surface area (Å²) in [6.45, 7) is 2.25. The van der Waals surface area contributed by atoms with Gasteiger partial charge in [0.25, 0.3) is 0 Å². The topological polar surface area (TPSA) is 24.1 Å². The summed E-state index contributed by atoms with van der Waals surface area (Å²) >= 11 is 0. The average molecular weight is 266 g/mol. The summed E-state index contributed by atoms with van der Waals surface area (Å²) < 4.78 is 0. The van der Waals surface area contributed by atoms with Crippen LogP contribution in [-0.4, -0.2) is 19.1 Å². The fraction of sp³-hybridized carbons (Fsp3) is 0.333. The minimum absolute atomic E-state index is 0.614. The van der Waals surface area contributed by atoms with Crippen molar-refractivity contribution in [3.8, 4) is 0 Å². The summed E-state index contributed by atoms with van der Waals surface area (Å²) in [6, 6.07) is 20.1. The van der Waals surface area contributed by atoms with Gasteiger partial charge in [-0.25, -0.2) is 0 Å². The van der Waals surface area contributed by atoms with Crippen molar-refractivity contribution in [3.63, 3.8) is 0 Å². The Bertz CT molecular complexity index is 530. The maximum absolute atomic E-state index is 3.67. The molecule has 3 rings (SSSR count). The summed E-state index contributed by atoms with van der Waals surface area (Å²) in [5, 5.41) is 7.07. The van der Waals surface area contributed by atoms with Gasteiger partial charge < -0.3 is 10.6 Å². The van der Waals surface area contributed by atoms with E-state index in [9.17, 15) is 0 Å². The number of piperidine rings is 1. The van der Waals surface area contributed by atoms with Gasteiger partial charge in [0.15, 0.2) is 0 Å². The molecule has 0 aromatic heterocycles. The molecule has 2 aromatic carbocycles. The fourth-order valence-electron chi connectivity index (χ4n) is 2.80. The molecule has 2 heteroatoms. The van der Waals surface area contributed by atoms with E-state index in [4.69, 9.17) is 0 Å². The van der Waals surface area contributed by atoms with Gasteiger partial charge in [0.2, 0.25) is 0 Å². The Hall–Kier alpha value is -1.80. The molecular weight excluding hydrogens is 244 g/mol. The lowest BCUT2D eigenvalue weighted by atomic mass is 10.0. The predicted molar refractivity (Wildman–Crippen MR) is 85.2 cm³/mol. The zero-order valence-electron chi connectivity index (χ0n) is 11.8. The highest BCUT2D eigenvalue weighted by atomic mass is 15.0. The predicted octanol–water partition coefficient (Wildman–Crippen LogP) is 3.44. The van der Waals surface area contributed by atoms with Crippen molar-refractivity contribution < 1.29 is 0 Å². The van der Waals surface area contributed by atoms with E-state index in [2.05, 4.69) is 65.2 Å². The lowest BCUT2D eigenvalue weighted by Gasteiger charge is -2.24. The Kier molecular flexibility index (Phi) is 4.34. The van der Waals surface area contributed by atoms with Gasteiger partial charge >= 0.3 is 0 Å². The minimum atomic E-state index is 0.614. The van der Waals surface area contributed by atoms with Gasteiger partial charge in [-0.3, -0.25) is 0 Å². The van der Waals surface area contributed by atoms with Crippen molar-refractivity contribution in [2.75, 3.05) is 18.4 Å². The van der Waals surface area contributed by atoms with Crippen LogP contribution in [-0.2, 0) is 6.42 Å². The molecule has 2 aromatic rings. The number of hydrogen-bond acceptors (Lipinski definition) is 2. The SMILES string of the molecule is c1ccc(Cc2cccc(NC3CCNCC3)c2)cc1. The van der Waals surface area contributed by atoms with Crippen LogP contribution >= 0.6 is 0 Å². The van der Waals surface area contributed by atoms with Crippen molar-refractivity contribution in [2.24, 2.45) is 0 Å². The van der Waals surface area contributed by atoms with E-state index in [0.717, 1.165) is 19.5 Å². The third-order valence-corrected chi connectivity index (χ3v) is 3.89. The molecule has 1 aliphatic heterocycles. The quantitative estimate of drug-likeness (QED) is 0.886. The van der Waals surface area contributed by atoms with Crippen LogP contribution in [0, 0.1) is 0 Å². The van der Waals surface area contributed by atoms with Gasteiger partial charge in [0, 0.05) is 11.7 Å². The number of nitrogens with one attached hydrogen (secondary N) is 2. The fourth-order valence-corrected chi connectivity index (χ4v) is 2.80. The second kappa shape index (κ2) is 6.58. The third-order valence-electron chi connectivity index (χ3n) is 3.89. The molecule has 0 radical (unpaired) electrons. The van der Waals surface area contributed by atoms with E-state index in [1.807, 2.05) is 0 Å². The smallest absolute Gasteiger partial charge is 0.0345 e. The Balaban J connectivity index is 1.66. The summed E-state index contributed by atoms with van der Waals surface area (Å²) in [6.07, 6.45) is 3.43. The van der Waals surface area contributed by atoms with Gasteiger partial charge in [-0.1, -0.05) is 42.5 Å². The lowest BCUT2D eigenvalue weighted by Crippen LogP contribution is -2.35. The first kappa shape index (κ1) is 13.2. The van der Waals surface area contributed by atoms with Crippen molar-refractivity contribution in [2.45, 2.75) is 25.3 Å². The maximum Gasteiger partial charge on any atom is 0.0345 e. The summed E-state index contributed by atoms with van der Waals surface area (Å²) in [5.74, 6) is 0. The summed E-state index contributed by atoms with van der Waals surface area (Å²) in [4.78, 5) is 0. The highest BCUT2D eigenvalue weighted by Gasteiger charge is 2.12. The Labute approximate surface area is 121 Å². The lowest BCUT2D eigenvalue weighted by molar-refractivity contribution is 0.479. The van der Waals surface area contributed by atoms with Gasteiger partial charge in [-0.15, -0.1) is 0 Å². The average Bonchev–Trinajstić information content (AvgIpc) is 2.50. The number of hydrogen-bond donors (Lipinski definition) is 2. The normalized spacial score (nSPS) is 16.0. The molecular formula is C18H22N2. The molecule has 0 amide bonds. The highest BCUT2D eigenvalue weighted by Crippen LogP contribution is 2.17. The van der Waals surface area contributed by atoms with E-state index in [0.29, 0.717) is 6.04 Å². The second-order valence-electron chi connectivity index (χ2n) is 5.53. The first-order chi connectivity index (χ1) is 9.90. The van der Waals surface area contributed by atoms with Gasteiger partial charge in [0.05, 0.1) is 0 Å². The van der Waals surface area contributed by atoms with Gasteiger partial charge in [0.1, 0.15) is 0 Å². The van der Waals surface area contributed by atoms with E-state index in [1.54, 1.807) is 0 Å². The molecule has 1 heterocycles. The molecule has 0 aliphatic carbocycles. The van der Waals surface area contributed by atoms with Crippen LogP contribution in [0.4, 0.5) is 5.69 Å². The molecule has 20 heavy (non-hydrogen) atoms. The minimum Gasteiger partial charge on any atom is -0.382 e. The van der Waals surface area contributed by atoms with Crippen LogP contribution in [0.1, 0.15) is 24.0 Å². The van der Waals surface area contributed by atoms with Gasteiger partial charge in [-0.05, 0) is 55.6 Å². The standard InChI is InChI=1S/C18H22N2/c1-2-5-15(6-3-1)13-16-7-4-8-18(14-16)20-17-9-11-19-12-10-17/h1-8,14,17,19-20H,9-13H2. The van der Waals surface area contributed by atoms with Crippen LogP contribution in [0.25, 0.3) is 0 Å². The van der Waals surface area contributed by atoms with E-state index in [-0.39, 0.29) is 0 Å². The second-order valence-corrected chi connectivity index (χ2v) is 5.53. The molecule has 0 spiro atoms.